The number of rotatable bonds is 16. The number of aryl methyl sites for hydroxylation is 2. The highest BCUT2D eigenvalue weighted by atomic mass is 32.2. The number of carbonyl (C=O) groups excluding carboxylic acids is 2. The molecule has 69 heavy (non-hydrogen) atoms. The molecule has 0 radical (unpaired) electrons. The van der Waals surface area contributed by atoms with Crippen LogP contribution in [0.4, 0.5) is 0 Å². The monoisotopic (exact) mass is 963 g/mol. The quantitative estimate of drug-likeness (QED) is 0.104. The molecule has 10 nitrogen and oxygen atoms in total. The molecule has 0 saturated heterocycles. The van der Waals surface area contributed by atoms with E-state index in [1.165, 1.54) is 81.9 Å². The van der Waals surface area contributed by atoms with Gasteiger partial charge in [0.2, 0.25) is 9.84 Å². The summed E-state index contributed by atoms with van der Waals surface area (Å²) >= 11 is 0. The first kappa shape index (κ1) is 50.7. The molecule has 0 aliphatic heterocycles. The van der Waals surface area contributed by atoms with E-state index in [9.17, 15) is 28.2 Å². The highest BCUT2D eigenvalue weighted by Crippen LogP contribution is 2.59. The molecule has 4 aliphatic rings. The molecule has 8 atom stereocenters. The second kappa shape index (κ2) is 19.8. The van der Waals surface area contributed by atoms with E-state index in [1.54, 1.807) is 0 Å². The zero-order chi connectivity index (χ0) is 49.5. The van der Waals surface area contributed by atoms with Crippen LogP contribution in [0.5, 0.6) is 11.5 Å². The molecular formula is C58H74O10S. The van der Waals surface area contributed by atoms with Crippen LogP contribution in [-0.4, -0.2) is 69.2 Å². The number of ether oxygens (including phenoxy) is 4. The Labute approximate surface area is 410 Å². The average Bonchev–Trinajstić information content (AvgIpc) is 3.33. The van der Waals surface area contributed by atoms with Crippen molar-refractivity contribution >= 4 is 21.8 Å². The highest BCUT2D eigenvalue weighted by Gasteiger charge is 2.57. The maximum atomic E-state index is 13.8. The van der Waals surface area contributed by atoms with Gasteiger partial charge < -0.3 is 29.2 Å². The molecule has 372 valence electrons. The van der Waals surface area contributed by atoms with Crippen LogP contribution in [0.15, 0.2) is 94.7 Å². The Kier molecular flexibility index (Phi) is 14.6. The van der Waals surface area contributed by atoms with Gasteiger partial charge in [0, 0.05) is 0 Å². The van der Waals surface area contributed by atoms with Crippen LogP contribution in [-0.2, 0) is 52.6 Å². The van der Waals surface area contributed by atoms with Gasteiger partial charge in [-0.2, -0.15) is 0 Å². The number of benzene rings is 4. The van der Waals surface area contributed by atoms with Gasteiger partial charge in [-0.05, 0) is 182 Å². The van der Waals surface area contributed by atoms with Gasteiger partial charge in [-0.25, -0.2) is 8.42 Å². The molecule has 8 rings (SSSR count). The summed E-state index contributed by atoms with van der Waals surface area (Å²) in [5, 5.41) is 21.6. The largest absolute Gasteiger partial charge is 0.491 e. The summed E-state index contributed by atoms with van der Waals surface area (Å²) in [7, 11) is -3.90. The fourth-order valence-electron chi connectivity index (χ4n) is 13.0. The Balaban J connectivity index is 0.785. The molecule has 0 bridgehead atoms. The van der Waals surface area contributed by atoms with E-state index in [-0.39, 0.29) is 70.8 Å². The van der Waals surface area contributed by atoms with Gasteiger partial charge in [-0.3, -0.25) is 9.59 Å². The summed E-state index contributed by atoms with van der Waals surface area (Å²) in [4.78, 5) is 27.7. The molecule has 2 saturated carbocycles. The van der Waals surface area contributed by atoms with Crippen LogP contribution in [0.25, 0.3) is 0 Å². The molecule has 0 spiro atoms. The normalized spacial score (nSPS) is 27.2. The lowest BCUT2D eigenvalue weighted by Crippen LogP contribution is -2.53. The van der Waals surface area contributed by atoms with Crippen molar-refractivity contribution in [1.82, 2.24) is 0 Å². The Morgan fingerprint density at radius 1 is 0.565 bits per heavy atom. The number of carbonyl (C=O) groups is 2. The van der Waals surface area contributed by atoms with Crippen molar-refractivity contribution in [3.8, 4) is 11.5 Å². The van der Waals surface area contributed by atoms with E-state index in [4.69, 9.17) is 18.9 Å². The number of esters is 2. The summed E-state index contributed by atoms with van der Waals surface area (Å²) in [6, 6.07) is 25.6. The van der Waals surface area contributed by atoms with E-state index in [1.807, 2.05) is 13.8 Å². The predicted octanol–water partition coefficient (Wildman–Crippen LogP) is 10.8. The molecular weight excluding hydrogens is 889 g/mol. The predicted molar refractivity (Wildman–Crippen MR) is 267 cm³/mol. The van der Waals surface area contributed by atoms with Gasteiger partial charge in [-0.1, -0.05) is 90.8 Å². The third kappa shape index (κ3) is 9.86. The summed E-state index contributed by atoms with van der Waals surface area (Å²) in [5.74, 6) is 1.32. The molecule has 4 aromatic carbocycles. The van der Waals surface area contributed by atoms with Crippen LogP contribution in [0.1, 0.15) is 152 Å². The third-order valence-electron chi connectivity index (χ3n) is 17.0. The zero-order valence-electron chi connectivity index (χ0n) is 42.0. The van der Waals surface area contributed by atoms with E-state index >= 15 is 0 Å². The standard InChI is InChI=1S/C58H74O10S/c1-37(2)39-11-23-49-41(31-39)13-25-51-55(49,5)27-9-29-57(51,7)53(61)67-35-43(59)33-65-45-15-19-47(20-16-45)69(63,64)48-21-17-46(18-22-48)66-34-44(60)36-68-54(62)58(8)30-10-28-56(6)50-24-12-40(38(3)4)32-42(50)14-26-52(56)58/h11-12,15-24,31-32,37-38,43-44,51-52,59-60H,9-10,13-14,25-30,33-36H2,1-8H3. The average molecular weight is 963 g/mol. The smallest absolute Gasteiger partial charge is 0.312 e. The molecule has 11 heteroatoms. The number of hydrogen-bond acceptors (Lipinski definition) is 10. The molecule has 2 fully saturated rings. The Morgan fingerprint density at radius 3 is 1.30 bits per heavy atom. The molecule has 0 amide bonds. The third-order valence-corrected chi connectivity index (χ3v) is 18.8. The lowest BCUT2D eigenvalue weighted by Gasteiger charge is -2.54. The maximum absolute atomic E-state index is 13.8. The minimum absolute atomic E-state index is 0.0540. The van der Waals surface area contributed by atoms with Crippen LogP contribution in [0.2, 0.25) is 0 Å². The number of aliphatic hydroxyl groups is 2. The van der Waals surface area contributed by atoms with Crippen LogP contribution < -0.4 is 9.47 Å². The summed E-state index contributed by atoms with van der Waals surface area (Å²) < 4.78 is 50.3. The van der Waals surface area contributed by atoms with Gasteiger partial charge in [-0.15, -0.1) is 0 Å². The van der Waals surface area contributed by atoms with Crippen LogP contribution in [0, 0.1) is 22.7 Å². The van der Waals surface area contributed by atoms with Gasteiger partial charge in [0.05, 0.1) is 20.6 Å². The Morgan fingerprint density at radius 2 is 0.942 bits per heavy atom. The number of fused-ring (bicyclic) bond motifs is 6. The first-order valence-corrected chi connectivity index (χ1v) is 26.9. The summed E-state index contributed by atoms with van der Waals surface area (Å²) in [6.45, 7) is 16.8. The van der Waals surface area contributed by atoms with Crippen LogP contribution >= 0.6 is 0 Å². The fraction of sp³-hybridized carbons (Fsp3) is 0.552. The minimum atomic E-state index is -3.90. The second-order valence-corrected chi connectivity index (χ2v) is 24.2. The number of sulfone groups is 1. The fourth-order valence-corrected chi connectivity index (χ4v) is 14.2. The van der Waals surface area contributed by atoms with Crippen molar-refractivity contribution in [2.45, 2.75) is 164 Å². The first-order valence-electron chi connectivity index (χ1n) is 25.4. The first-order chi connectivity index (χ1) is 32.7. The van der Waals surface area contributed by atoms with Gasteiger partial charge in [0.15, 0.2) is 0 Å². The van der Waals surface area contributed by atoms with E-state index < -0.39 is 32.9 Å². The summed E-state index contributed by atoms with van der Waals surface area (Å²) in [6.07, 6.45) is 6.91. The molecule has 0 heterocycles. The van der Waals surface area contributed by atoms with Crippen molar-refractivity contribution in [1.29, 1.82) is 0 Å². The number of hydrogen-bond donors (Lipinski definition) is 2. The molecule has 4 aliphatic carbocycles. The highest BCUT2D eigenvalue weighted by molar-refractivity contribution is 7.91. The molecule has 0 aromatic heterocycles. The maximum Gasteiger partial charge on any atom is 0.312 e. The van der Waals surface area contributed by atoms with E-state index in [0.717, 1.165) is 64.2 Å². The molecule has 2 N–H and O–H groups in total. The minimum Gasteiger partial charge on any atom is -0.491 e. The zero-order valence-corrected chi connectivity index (χ0v) is 42.8. The van der Waals surface area contributed by atoms with Crippen molar-refractivity contribution < 1.29 is 47.2 Å². The summed E-state index contributed by atoms with van der Waals surface area (Å²) in [5.41, 5.74) is 6.58. The van der Waals surface area contributed by atoms with Gasteiger partial charge in [0.25, 0.3) is 0 Å². The number of aliphatic hydroxyl groups excluding tert-OH is 2. The van der Waals surface area contributed by atoms with E-state index in [0.29, 0.717) is 23.3 Å². The lowest BCUT2D eigenvalue weighted by atomic mass is 9.49. The van der Waals surface area contributed by atoms with Crippen LogP contribution in [0.3, 0.4) is 0 Å². The molecule has 8 unspecified atom stereocenters. The van der Waals surface area contributed by atoms with Gasteiger partial charge in [0.1, 0.15) is 50.1 Å². The molecule has 4 aromatic rings. The topological polar surface area (TPSA) is 146 Å². The van der Waals surface area contributed by atoms with Crippen molar-refractivity contribution in [3.63, 3.8) is 0 Å². The SMILES string of the molecule is CC(C)c1ccc2c(c1)CCC1C(C)(C(=O)OCC(O)COc3ccc(S(=O)(=O)c4ccc(OCC(O)COC(=O)C5(C)CCCC6(C)c7ccc(C(C)C)cc7CCC56)cc4)cc3)CCCC21C. The lowest BCUT2D eigenvalue weighted by molar-refractivity contribution is -0.168. The Bertz CT molecular complexity index is 2430. The van der Waals surface area contributed by atoms with Crippen molar-refractivity contribution in [2.24, 2.45) is 22.7 Å². The van der Waals surface area contributed by atoms with E-state index in [2.05, 4.69) is 77.9 Å². The van der Waals surface area contributed by atoms with Crippen molar-refractivity contribution in [2.75, 3.05) is 26.4 Å². The van der Waals surface area contributed by atoms with Gasteiger partial charge >= 0.3 is 11.9 Å². The van der Waals surface area contributed by atoms with Crippen molar-refractivity contribution in [3.05, 3.63) is 118 Å². The Hall–Kier alpha value is -4.71. The second-order valence-electron chi connectivity index (χ2n) is 22.3.